The molecule has 1 saturated carbocycles. The van der Waals surface area contributed by atoms with Gasteiger partial charge in [0.2, 0.25) is 5.82 Å². The quantitative estimate of drug-likeness (QED) is 0.843. The van der Waals surface area contributed by atoms with Gasteiger partial charge >= 0.3 is 0 Å². The average molecular weight is 292 g/mol. The number of anilines is 1. The van der Waals surface area contributed by atoms with Crippen molar-refractivity contribution in [2.24, 2.45) is 0 Å². The fourth-order valence-electron chi connectivity index (χ4n) is 2.15. The van der Waals surface area contributed by atoms with E-state index in [2.05, 4.69) is 37.8 Å². The Kier molecular flexibility index (Phi) is 1.98. The zero-order valence-electron chi connectivity index (χ0n) is 9.21. The van der Waals surface area contributed by atoms with Crippen LogP contribution in [-0.2, 0) is 5.41 Å². The Morgan fingerprint density at radius 2 is 2.18 bits per heavy atom. The van der Waals surface area contributed by atoms with Gasteiger partial charge in [0, 0.05) is 5.56 Å². The Labute approximate surface area is 106 Å². The monoisotopic (exact) mass is 291 g/mol. The molecular formula is C11H10BrN5. The van der Waals surface area contributed by atoms with Crippen molar-refractivity contribution in [1.29, 1.82) is 5.26 Å². The van der Waals surface area contributed by atoms with E-state index in [0.29, 0.717) is 11.5 Å². The smallest absolute Gasteiger partial charge is 0.236 e. The number of nitrogens with one attached hydrogen (secondary N) is 1. The number of hydrogen-bond acceptors (Lipinski definition) is 4. The summed E-state index contributed by atoms with van der Waals surface area (Å²) in [6.07, 6.45) is 2.27. The number of aromatic amines is 1. The molecular weight excluding hydrogens is 282 g/mol. The first-order valence-electron chi connectivity index (χ1n) is 5.30. The first-order valence-corrected chi connectivity index (χ1v) is 6.10. The molecule has 0 spiro atoms. The average Bonchev–Trinajstić information content (AvgIpc) is 2.91. The topological polar surface area (TPSA) is 91.4 Å². The van der Waals surface area contributed by atoms with Crippen LogP contribution in [0.3, 0.4) is 0 Å². The first-order chi connectivity index (χ1) is 8.05. The van der Waals surface area contributed by atoms with Crippen molar-refractivity contribution in [3.05, 3.63) is 16.0 Å². The maximum Gasteiger partial charge on any atom is 0.236 e. The van der Waals surface area contributed by atoms with Crippen LogP contribution < -0.4 is 5.73 Å². The van der Waals surface area contributed by atoms with Crippen LogP contribution >= 0.6 is 15.9 Å². The normalized spacial score (nSPS) is 17.0. The summed E-state index contributed by atoms with van der Waals surface area (Å²) >= 11 is 3.50. The van der Waals surface area contributed by atoms with Crippen molar-refractivity contribution < 1.29 is 0 Å². The van der Waals surface area contributed by atoms with E-state index < -0.39 is 0 Å². The summed E-state index contributed by atoms with van der Waals surface area (Å²) in [7, 11) is 0. The van der Waals surface area contributed by atoms with E-state index in [9.17, 15) is 0 Å². The highest BCUT2D eigenvalue weighted by Crippen LogP contribution is 2.52. The van der Waals surface area contributed by atoms with E-state index in [0.717, 1.165) is 28.4 Å². The fraction of sp³-hybridized carbons (Fsp3) is 0.364. The number of nitrogens with zero attached hydrogens (tertiary/aromatic N) is 3. The maximum atomic E-state index is 8.81. The van der Waals surface area contributed by atoms with E-state index in [1.54, 1.807) is 0 Å². The van der Waals surface area contributed by atoms with Crippen molar-refractivity contribution in [3.8, 4) is 6.07 Å². The third kappa shape index (κ3) is 1.42. The predicted octanol–water partition coefficient (Wildman–Crippen LogP) is 2.23. The second-order valence-electron chi connectivity index (χ2n) is 4.64. The molecule has 0 radical (unpaired) electrons. The molecule has 3 N–H and O–H groups in total. The lowest BCUT2D eigenvalue weighted by molar-refractivity contribution is 0.790. The van der Waals surface area contributed by atoms with Crippen LogP contribution in [0.2, 0.25) is 0 Å². The van der Waals surface area contributed by atoms with Gasteiger partial charge in [0.15, 0.2) is 0 Å². The largest absolute Gasteiger partial charge is 0.383 e. The Morgan fingerprint density at radius 1 is 1.47 bits per heavy atom. The molecule has 2 aromatic rings. The third-order valence-corrected chi connectivity index (χ3v) is 3.93. The molecule has 1 aliphatic carbocycles. The second kappa shape index (κ2) is 3.20. The van der Waals surface area contributed by atoms with Crippen LogP contribution in [0.4, 0.5) is 5.82 Å². The molecule has 86 valence electrons. The highest BCUT2D eigenvalue weighted by Gasteiger charge is 2.43. The fourth-order valence-corrected chi connectivity index (χ4v) is 3.01. The molecule has 0 bridgehead atoms. The number of halogens is 1. The van der Waals surface area contributed by atoms with E-state index in [1.165, 1.54) is 0 Å². The zero-order chi connectivity index (χ0) is 12.2. The van der Waals surface area contributed by atoms with Gasteiger partial charge in [-0.2, -0.15) is 5.26 Å². The van der Waals surface area contributed by atoms with Gasteiger partial charge in [0.1, 0.15) is 17.5 Å². The van der Waals surface area contributed by atoms with E-state index in [1.807, 2.05) is 6.07 Å². The van der Waals surface area contributed by atoms with Gasteiger partial charge < -0.3 is 10.7 Å². The number of nitrogens with two attached hydrogens (primary N) is 1. The Balaban J connectivity index is 2.38. The summed E-state index contributed by atoms with van der Waals surface area (Å²) in [5.74, 6) is 0.466. The number of aromatic nitrogens is 3. The number of H-pyrrole nitrogens is 1. The Hall–Kier alpha value is -1.61. The summed E-state index contributed by atoms with van der Waals surface area (Å²) in [4.78, 5) is 11.3. The minimum Gasteiger partial charge on any atom is -0.383 e. The van der Waals surface area contributed by atoms with Crippen LogP contribution in [0.15, 0.2) is 4.60 Å². The molecule has 0 saturated heterocycles. The highest BCUT2D eigenvalue weighted by molar-refractivity contribution is 9.10. The van der Waals surface area contributed by atoms with Gasteiger partial charge in [-0.1, -0.05) is 6.92 Å². The molecule has 0 amide bonds. The summed E-state index contributed by atoms with van der Waals surface area (Å²) in [6, 6.07) is 1.91. The molecule has 17 heavy (non-hydrogen) atoms. The summed E-state index contributed by atoms with van der Waals surface area (Å²) in [5, 5.41) is 9.66. The molecule has 1 fully saturated rings. The molecule has 0 aliphatic heterocycles. The van der Waals surface area contributed by atoms with Crippen LogP contribution in [0, 0.1) is 11.3 Å². The number of fused-ring (bicyclic) bond motifs is 1. The van der Waals surface area contributed by atoms with Crippen molar-refractivity contribution in [2.75, 3.05) is 5.73 Å². The number of nitrogen functional groups attached to an aromatic ring is 1. The third-order valence-electron chi connectivity index (χ3n) is 3.34. The van der Waals surface area contributed by atoms with E-state index in [-0.39, 0.29) is 11.2 Å². The molecule has 2 heterocycles. The van der Waals surface area contributed by atoms with Gasteiger partial charge in [0.25, 0.3) is 0 Å². The summed E-state index contributed by atoms with van der Waals surface area (Å²) in [6.45, 7) is 2.19. The molecule has 0 atom stereocenters. The highest BCUT2D eigenvalue weighted by atomic mass is 79.9. The van der Waals surface area contributed by atoms with Crippen molar-refractivity contribution in [3.63, 3.8) is 0 Å². The molecule has 0 aromatic carbocycles. The summed E-state index contributed by atoms with van der Waals surface area (Å²) < 4.78 is 0.892. The van der Waals surface area contributed by atoms with Gasteiger partial charge in [-0.15, -0.1) is 0 Å². The van der Waals surface area contributed by atoms with Gasteiger partial charge in [-0.05, 0) is 34.2 Å². The first kappa shape index (κ1) is 10.5. The lowest BCUT2D eigenvalue weighted by Gasteiger charge is -2.08. The van der Waals surface area contributed by atoms with Gasteiger partial charge in [-0.3, -0.25) is 0 Å². The lowest BCUT2D eigenvalue weighted by atomic mass is 9.99. The minimum atomic E-state index is 0.0938. The molecule has 1 aliphatic rings. The van der Waals surface area contributed by atoms with E-state index >= 15 is 0 Å². The maximum absolute atomic E-state index is 8.81. The number of rotatable bonds is 1. The Morgan fingerprint density at radius 3 is 2.76 bits per heavy atom. The molecule has 5 nitrogen and oxygen atoms in total. The van der Waals surface area contributed by atoms with Crippen LogP contribution in [0.5, 0.6) is 0 Å². The molecule has 6 heteroatoms. The zero-order valence-corrected chi connectivity index (χ0v) is 10.8. The predicted molar refractivity (Wildman–Crippen MR) is 67.3 cm³/mol. The number of hydrogen-bond donors (Lipinski definition) is 2. The standard InChI is InChI=1S/C11H10BrN5/c1-11(2-3-11)7-6-9(14)15-5(4-13)16-10(6)17-8(7)12/h2-3H2,1H3,(H3,14,15,16,17). The minimum absolute atomic E-state index is 0.0938. The SMILES string of the molecule is CC1(c2c(Br)[nH]c3nc(C#N)nc(N)c23)CC1. The molecule has 3 rings (SSSR count). The van der Waals surface area contributed by atoms with Crippen LogP contribution in [0.25, 0.3) is 11.0 Å². The second-order valence-corrected chi connectivity index (χ2v) is 5.44. The summed E-state index contributed by atoms with van der Waals surface area (Å²) in [5.41, 5.74) is 7.85. The lowest BCUT2D eigenvalue weighted by Crippen LogP contribution is -2.03. The molecule has 2 aromatic heterocycles. The van der Waals surface area contributed by atoms with Crippen LogP contribution in [0.1, 0.15) is 31.2 Å². The van der Waals surface area contributed by atoms with Crippen LogP contribution in [-0.4, -0.2) is 15.0 Å². The number of nitriles is 1. The molecule has 0 unspecified atom stereocenters. The van der Waals surface area contributed by atoms with Crippen molar-refractivity contribution in [1.82, 2.24) is 15.0 Å². The van der Waals surface area contributed by atoms with Crippen molar-refractivity contribution in [2.45, 2.75) is 25.2 Å². The Bertz CT molecular complexity index is 663. The van der Waals surface area contributed by atoms with Gasteiger partial charge in [0.05, 0.1) is 9.99 Å². The van der Waals surface area contributed by atoms with Gasteiger partial charge in [-0.25, -0.2) is 9.97 Å². The van der Waals surface area contributed by atoms with E-state index in [4.69, 9.17) is 11.0 Å². The van der Waals surface area contributed by atoms with Crippen molar-refractivity contribution >= 4 is 32.8 Å².